The smallest absolute Gasteiger partial charge is 0.237 e. The first-order valence-electron chi connectivity index (χ1n) is 8.90. The van der Waals surface area contributed by atoms with E-state index in [-0.39, 0.29) is 24.3 Å². The van der Waals surface area contributed by atoms with Crippen LogP contribution in [-0.2, 0) is 16.0 Å². The maximum atomic E-state index is 12.6. The molecule has 2 N–H and O–H groups in total. The normalized spacial score (nSPS) is 22.5. The molecule has 132 valence electrons. The molecule has 0 spiro atoms. The molecule has 1 saturated heterocycles. The Morgan fingerprint density at radius 3 is 2.92 bits per heavy atom. The van der Waals surface area contributed by atoms with Crippen LogP contribution in [0.3, 0.4) is 0 Å². The number of rotatable bonds is 6. The zero-order valence-corrected chi connectivity index (χ0v) is 14.3. The Labute approximate surface area is 142 Å². The summed E-state index contributed by atoms with van der Waals surface area (Å²) in [7, 11) is 1.81. The molecule has 2 heterocycles. The lowest BCUT2D eigenvalue weighted by Crippen LogP contribution is -2.59. The van der Waals surface area contributed by atoms with E-state index in [0.717, 1.165) is 31.4 Å². The van der Waals surface area contributed by atoms with Gasteiger partial charge >= 0.3 is 0 Å². The van der Waals surface area contributed by atoms with Crippen molar-refractivity contribution >= 4 is 11.8 Å². The summed E-state index contributed by atoms with van der Waals surface area (Å²) >= 11 is 0. The molecule has 7 nitrogen and oxygen atoms in total. The highest BCUT2D eigenvalue weighted by molar-refractivity contribution is 5.88. The second kappa shape index (κ2) is 7.79. The zero-order chi connectivity index (χ0) is 16.9. The predicted molar refractivity (Wildman–Crippen MR) is 90.3 cm³/mol. The Kier molecular flexibility index (Phi) is 5.50. The van der Waals surface area contributed by atoms with Gasteiger partial charge < -0.3 is 10.2 Å². The van der Waals surface area contributed by atoms with Gasteiger partial charge in [0.1, 0.15) is 0 Å². The SMILES string of the molecule is CN(CCc1cn[nH]c1)C(=O)C[C@H]1C(=O)NCCN1C1CCCC1. The number of nitrogens with zero attached hydrogens (tertiary/aromatic N) is 3. The van der Waals surface area contributed by atoms with Crippen LogP contribution in [-0.4, -0.2) is 70.6 Å². The average molecular weight is 333 g/mol. The topological polar surface area (TPSA) is 81.3 Å². The van der Waals surface area contributed by atoms with Crippen molar-refractivity contribution in [2.45, 2.75) is 50.6 Å². The summed E-state index contributed by atoms with van der Waals surface area (Å²) in [5.41, 5.74) is 1.08. The molecule has 2 aliphatic rings. The van der Waals surface area contributed by atoms with E-state index >= 15 is 0 Å². The van der Waals surface area contributed by atoms with E-state index in [4.69, 9.17) is 0 Å². The quantitative estimate of drug-likeness (QED) is 0.796. The van der Waals surface area contributed by atoms with Crippen LogP contribution >= 0.6 is 0 Å². The molecule has 1 aromatic heterocycles. The van der Waals surface area contributed by atoms with Gasteiger partial charge in [0.25, 0.3) is 0 Å². The summed E-state index contributed by atoms with van der Waals surface area (Å²) in [5.74, 6) is 0.0354. The van der Waals surface area contributed by atoms with Gasteiger partial charge in [0.15, 0.2) is 0 Å². The molecule has 0 radical (unpaired) electrons. The van der Waals surface area contributed by atoms with E-state index in [9.17, 15) is 9.59 Å². The van der Waals surface area contributed by atoms with Crippen molar-refractivity contribution in [1.29, 1.82) is 0 Å². The number of likely N-dealkylation sites (N-methyl/N-ethyl adjacent to an activating group) is 1. The molecule has 24 heavy (non-hydrogen) atoms. The first-order chi connectivity index (χ1) is 11.6. The number of aromatic nitrogens is 2. The third-order valence-electron chi connectivity index (χ3n) is 5.25. The molecule has 1 saturated carbocycles. The van der Waals surface area contributed by atoms with Crippen molar-refractivity contribution in [3.63, 3.8) is 0 Å². The van der Waals surface area contributed by atoms with E-state index < -0.39 is 0 Å². The molecule has 3 rings (SSSR count). The minimum Gasteiger partial charge on any atom is -0.353 e. The number of hydrogen-bond donors (Lipinski definition) is 2. The molecule has 1 aliphatic heterocycles. The summed E-state index contributed by atoms with van der Waals surface area (Å²) in [5, 5.41) is 9.61. The molecule has 1 aromatic rings. The fourth-order valence-corrected chi connectivity index (χ4v) is 3.77. The van der Waals surface area contributed by atoms with Crippen molar-refractivity contribution < 1.29 is 9.59 Å². The number of hydrogen-bond acceptors (Lipinski definition) is 4. The van der Waals surface area contributed by atoms with Crippen molar-refractivity contribution in [3.8, 4) is 0 Å². The molecule has 7 heteroatoms. The maximum absolute atomic E-state index is 12.6. The van der Waals surface area contributed by atoms with Crippen molar-refractivity contribution in [1.82, 2.24) is 25.3 Å². The van der Waals surface area contributed by atoms with Crippen LogP contribution in [0.25, 0.3) is 0 Å². The monoisotopic (exact) mass is 333 g/mol. The van der Waals surface area contributed by atoms with Gasteiger partial charge in [-0.3, -0.25) is 19.6 Å². The number of piperazine rings is 1. The molecular formula is C17H27N5O2. The Balaban J connectivity index is 1.56. The van der Waals surface area contributed by atoms with Gasteiger partial charge in [0.2, 0.25) is 11.8 Å². The number of nitrogens with one attached hydrogen (secondary N) is 2. The third kappa shape index (κ3) is 3.95. The lowest BCUT2D eigenvalue weighted by atomic mass is 10.0. The molecule has 0 bridgehead atoms. The van der Waals surface area contributed by atoms with Gasteiger partial charge in [-0.1, -0.05) is 12.8 Å². The zero-order valence-electron chi connectivity index (χ0n) is 14.3. The molecule has 0 aromatic carbocycles. The Morgan fingerprint density at radius 2 is 2.21 bits per heavy atom. The molecule has 1 aliphatic carbocycles. The molecular weight excluding hydrogens is 306 g/mol. The van der Waals surface area contributed by atoms with Crippen LogP contribution in [0, 0.1) is 0 Å². The van der Waals surface area contributed by atoms with E-state index in [1.807, 2.05) is 13.2 Å². The maximum Gasteiger partial charge on any atom is 0.237 e. The largest absolute Gasteiger partial charge is 0.353 e. The molecule has 2 fully saturated rings. The lowest BCUT2D eigenvalue weighted by Gasteiger charge is -2.39. The molecule has 0 unspecified atom stereocenters. The van der Waals surface area contributed by atoms with Crippen LogP contribution in [0.4, 0.5) is 0 Å². The van der Waals surface area contributed by atoms with Gasteiger partial charge in [-0.25, -0.2) is 0 Å². The summed E-state index contributed by atoms with van der Waals surface area (Å²) in [4.78, 5) is 28.9. The molecule has 1 atom stereocenters. The van der Waals surface area contributed by atoms with Gasteiger partial charge in [-0.2, -0.15) is 5.10 Å². The summed E-state index contributed by atoms with van der Waals surface area (Å²) in [6, 6.07) is 0.149. The average Bonchev–Trinajstić information content (AvgIpc) is 3.27. The third-order valence-corrected chi connectivity index (χ3v) is 5.25. The van der Waals surface area contributed by atoms with Crippen LogP contribution in [0.15, 0.2) is 12.4 Å². The standard InChI is InChI=1S/C17H27N5O2/c1-21(8-6-13-11-19-20-12-13)16(23)10-15-17(24)18-7-9-22(15)14-4-2-3-5-14/h11-12,14-15H,2-10H2,1H3,(H,18,24)(H,19,20)/t15-/m0/s1. The highest BCUT2D eigenvalue weighted by atomic mass is 16.2. The van der Waals surface area contributed by atoms with E-state index in [0.29, 0.717) is 19.1 Å². The summed E-state index contributed by atoms with van der Waals surface area (Å²) < 4.78 is 0. The fraction of sp³-hybridized carbons (Fsp3) is 0.706. The summed E-state index contributed by atoms with van der Waals surface area (Å²) in [6.45, 7) is 2.18. The van der Waals surface area contributed by atoms with Crippen LogP contribution in [0.5, 0.6) is 0 Å². The Bertz CT molecular complexity index is 553. The second-order valence-electron chi connectivity index (χ2n) is 6.86. The first-order valence-corrected chi connectivity index (χ1v) is 8.90. The summed E-state index contributed by atoms with van der Waals surface area (Å²) in [6.07, 6.45) is 9.40. The highest BCUT2D eigenvalue weighted by Gasteiger charge is 2.37. The van der Waals surface area contributed by atoms with Gasteiger partial charge in [-0.05, 0) is 24.8 Å². The minimum atomic E-state index is -0.314. The van der Waals surface area contributed by atoms with Crippen LogP contribution in [0.1, 0.15) is 37.7 Å². The second-order valence-corrected chi connectivity index (χ2v) is 6.86. The Hall–Kier alpha value is -1.89. The van der Waals surface area contributed by atoms with Crippen molar-refractivity contribution in [3.05, 3.63) is 18.0 Å². The Morgan fingerprint density at radius 1 is 1.42 bits per heavy atom. The van der Waals surface area contributed by atoms with Gasteiger partial charge in [0.05, 0.1) is 18.7 Å². The minimum absolute atomic E-state index is 0.00438. The number of aromatic amines is 1. The first kappa shape index (κ1) is 17.0. The van der Waals surface area contributed by atoms with E-state index in [2.05, 4.69) is 20.4 Å². The fourth-order valence-electron chi connectivity index (χ4n) is 3.77. The highest BCUT2D eigenvalue weighted by Crippen LogP contribution is 2.27. The van der Waals surface area contributed by atoms with Gasteiger partial charge in [-0.15, -0.1) is 0 Å². The van der Waals surface area contributed by atoms with E-state index in [1.54, 1.807) is 11.1 Å². The van der Waals surface area contributed by atoms with Crippen molar-refractivity contribution in [2.24, 2.45) is 0 Å². The van der Waals surface area contributed by atoms with Crippen LogP contribution in [0.2, 0.25) is 0 Å². The van der Waals surface area contributed by atoms with Crippen molar-refractivity contribution in [2.75, 3.05) is 26.7 Å². The number of H-pyrrole nitrogens is 1. The lowest BCUT2D eigenvalue weighted by molar-refractivity contribution is -0.139. The number of carbonyl (C=O) groups is 2. The molecule has 2 amide bonds. The number of carbonyl (C=O) groups excluding carboxylic acids is 2. The number of amides is 2. The van der Waals surface area contributed by atoms with Gasteiger partial charge in [0, 0.05) is 38.9 Å². The van der Waals surface area contributed by atoms with Crippen LogP contribution < -0.4 is 5.32 Å². The van der Waals surface area contributed by atoms with E-state index in [1.165, 1.54) is 12.8 Å². The predicted octanol–water partition coefficient (Wildman–Crippen LogP) is 0.544.